The van der Waals surface area contributed by atoms with Crippen molar-refractivity contribution in [1.82, 2.24) is 4.98 Å². The van der Waals surface area contributed by atoms with Crippen molar-refractivity contribution in [2.45, 2.75) is 0 Å². The third kappa shape index (κ3) is 4.22. The van der Waals surface area contributed by atoms with Crippen LogP contribution in [0.4, 0.5) is 0 Å². The minimum atomic E-state index is -1.09. The molecule has 0 atom stereocenters. The molecule has 0 N–H and O–H groups in total. The van der Waals surface area contributed by atoms with E-state index in [4.69, 9.17) is 0 Å². The molecule has 0 aliphatic heterocycles. The van der Waals surface area contributed by atoms with Gasteiger partial charge in [-0.15, -0.1) is 23.1 Å². The summed E-state index contributed by atoms with van der Waals surface area (Å²) in [5.74, 6) is -1.18. The topological polar surface area (TPSA) is 53.0 Å². The first kappa shape index (κ1) is 16.2. The average Bonchev–Trinajstić information content (AvgIpc) is 2.97. The van der Waals surface area contributed by atoms with Crippen LogP contribution in [0.15, 0.2) is 53.0 Å². The lowest BCUT2D eigenvalue weighted by atomic mass is 10.2. The third-order valence-electron chi connectivity index (χ3n) is 3.02. The molecule has 0 saturated heterocycles. The lowest BCUT2D eigenvalue weighted by molar-refractivity contribution is -0.301. The van der Waals surface area contributed by atoms with Gasteiger partial charge in [-0.05, 0) is 35.9 Å². The van der Waals surface area contributed by atoms with Crippen molar-refractivity contribution in [3.8, 4) is 0 Å². The number of carboxylic acids is 1. The predicted molar refractivity (Wildman–Crippen MR) is 99.1 cm³/mol. The van der Waals surface area contributed by atoms with Crippen LogP contribution in [0.3, 0.4) is 0 Å². The second kappa shape index (κ2) is 7.29. The van der Waals surface area contributed by atoms with Gasteiger partial charge in [-0.25, -0.2) is 4.98 Å². The van der Waals surface area contributed by atoms with Crippen molar-refractivity contribution in [2.75, 3.05) is 5.75 Å². The van der Waals surface area contributed by atoms with Crippen molar-refractivity contribution in [2.24, 2.45) is 0 Å². The Morgan fingerprint density at radius 3 is 2.65 bits per heavy atom. The van der Waals surface area contributed by atoms with E-state index in [0.29, 0.717) is 0 Å². The van der Waals surface area contributed by atoms with E-state index in [2.05, 4.69) is 20.9 Å². The normalized spacial score (nSPS) is 11.8. The molecule has 0 saturated carbocycles. The molecule has 0 amide bonds. The van der Waals surface area contributed by atoms with Crippen LogP contribution in [0.5, 0.6) is 0 Å². The SMILES string of the molecule is O=C([O-])CS/C(=C\c1ccc(Br)cc1)c1nc2ccccc2s1. The first-order chi connectivity index (χ1) is 11.1. The van der Waals surface area contributed by atoms with Gasteiger partial charge in [0.15, 0.2) is 0 Å². The molecule has 0 aliphatic rings. The number of aliphatic carboxylic acids is 1. The maximum Gasteiger partial charge on any atom is 0.131 e. The van der Waals surface area contributed by atoms with Crippen LogP contribution in [0.1, 0.15) is 10.6 Å². The number of para-hydroxylation sites is 1. The van der Waals surface area contributed by atoms with Crippen LogP contribution in [0, 0.1) is 0 Å². The number of thiazole rings is 1. The summed E-state index contributed by atoms with van der Waals surface area (Å²) < 4.78 is 2.08. The Balaban J connectivity index is 2.00. The summed E-state index contributed by atoms with van der Waals surface area (Å²) in [6.45, 7) is 0. The molecule has 3 aromatic rings. The zero-order valence-corrected chi connectivity index (χ0v) is 15.1. The summed E-state index contributed by atoms with van der Waals surface area (Å²) >= 11 is 6.20. The fraction of sp³-hybridized carbons (Fsp3) is 0.0588. The molecular weight excluding hydrogens is 394 g/mol. The number of hydrogen-bond acceptors (Lipinski definition) is 5. The summed E-state index contributed by atoms with van der Waals surface area (Å²) in [5, 5.41) is 11.6. The van der Waals surface area contributed by atoms with Gasteiger partial charge < -0.3 is 9.90 Å². The van der Waals surface area contributed by atoms with Gasteiger partial charge in [-0.3, -0.25) is 0 Å². The van der Waals surface area contributed by atoms with Crippen LogP contribution in [0.2, 0.25) is 0 Å². The summed E-state index contributed by atoms with van der Waals surface area (Å²) in [5.41, 5.74) is 1.91. The van der Waals surface area contributed by atoms with E-state index in [0.717, 1.165) is 30.2 Å². The fourth-order valence-corrected chi connectivity index (χ4v) is 4.09. The molecule has 116 valence electrons. The minimum Gasteiger partial charge on any atom is -0.549 e. The zero-order chi connectivity index (χ0) is 16.2. The quantitative estimate of drug-likeness (QED) is 0.643. The maximum atomic E-state index is 10.8. The number of carboxylic acid groups (broad SMARTS) is 1. The number of thioether (sulfide) groups is 1. The number of fused-ring (bicyclic) bond motifs is 1. The van der Waals surface area contributed by atoms with Crippen molar-refractivity contribution >= 4 is 66.2 Å². The predicted octanol–water partition coefficient (Wildman–Crippen LogP) is 4.04. The van der Waals surface area contributed by atoms with Crippen LogP contribution in [0.25, 0.3) is 21.2 Å². The van der Waals surface area contributed by atoms with E-state index >= 15 is 0 Å². The summed E-state index contributed by atoms with van der Waals surface area (Å²) in [6.07, 6.45) is 1.96. The summed E-state index contributed by atoms with van der Waals surface area (Å²) in [6, 6.07) is 15.7. The third-order valence-corrected chi connectivity index (χ3v) is 5.75. The van der Waals surface area contributed by atoms with Crippen molar-refractivity contribution in [3.05, 3.63) is 63.6 Å². The average molecular weight is 405 g/mol. The van der Waals surface area contributed by atoms with Crippen LogP contribution >= 0.6 is 39.0 Å². The smallest absolute Gasteiger partial charge is 0.131 e. The highest BCUT2D eigenvalue weighted by atomic mass is 79.9. The van der Waals surface area contributed by atoms with Gasteiger partial charge >= 0.3 is 0 Å². The van der Waals surface area contributed by atoms with E-state index in [1.54, 1.807) is 11.3 Å². The number of carbonyl (C=O) groups excluding carboxylic acids is 1. The highest BCUT2D eigenvalue weighted by Gasteiger charge is 2.10. The molecule has 0 spiro atoms. The Labute approximate surface area is 150 Å². The largest absolute Gasteiger partial charge is 0.549 e. The van der Waals surface area contributed by atoms with Crippen LogP contribution < -0.4 is 5.11 Å². The monoisotopic (exact) mass is 404 g/mol. The molecule has 0 aliphatic carbocycles. The lowest BCUT2D eigenvalue weighted by Gasteiger charge is -2.05. The molecule has 23 heavy (non-hydrogen) atoms. The molecule has 0 bridgehead atoms. The lowest BCUT2D eigenvalue weighted by Crippen LogP contribution is -2.24. The van der Waals surface area contributed by atoms with Crippen molar-refractivity contribution in [3.63, 3.8) is 0 Å². The second-order valence-corrected chi connectivity index (χ2v) is 7.67. The molecule has 1 aromatic heterocycles. The van der Waals surface area contributed by atoms with Crippen LogP contribution in [-0.2, 0) is 4.79 Å². The molecule has 6 heteroatoms. The standard InChI is InChI=1S/C17H12BrNO2S2/c18-12-7-5-11(6-8-12)9-15(22-10-16(20)21)17-19-13-3-1-2-4-14(13)23-17/h1-9H,10H2,(H,20,21)/p-1/b15-9-. The van der Waals surface area contributed by atoms with E-state index in [9.17, 15) is 9.90 Å². The maximum absolute atomic E-state index is 10.8. The Morgan fingerprint density at radius 2 is 1.96 bits per heavy atom. The number of aromatic nitrogens is 1. The van der Waals surface area contributed by atoms with Crippen LogP contribution in [-0.4, -0.2) is 16.7 Å². The summed E-state index contributed by atoms with van der Waals surface area (Å²) in [4.78, 5) is 16.3. The van der Waals surface area contributed by atoms with Gasteiger partial charge in [-0.2, -0.15) is 0 Å². The Hall–Kier alpha value is -1.63. The summed E-state index contributed by atoms with van der Waals surface area (Å²) in [7, 11) is 0. The van der Waals surface area contributed by atoms with E-state index in [-0.39, 0.29) is 5.75 Å². The molecule has 0 fully saturated rings. The second-order valence-electron chi connectivity index (χ2n) is 4.71. The first-order valence-electron chi connectivity index (χ1n) is 6.78. The highest BCUT2D eigenvalue weighted by molar-refractivity contribution is 9.10. The number of rotatable bonds is 5. The minimum absolute atomic E-state index is 0.0989. The zero-order valence-electron chi connectivity index (χ0n) is 11.9. The molecule has 2 aromatic carbocycles. The van der Waals surface area contributed by atoms with E-state index in [1.165, 1.54) is 11.8 Å². The molecule has 0 unspecified atom stereocenters. The number of hydrogen-bond donors (Lipinski definition) is 0. The molecular formula is C17H11BrNO2S2-. The van der Waals surface area contributed by atoms with Gasteiger partial charge in [-0.1, -0.05) is 40.2 Å². The van der Waals surface area contributed by atoms with Crippen molar-refractivity contribution < 1.29 is 9.90 Å². The van der Waals surface area contributed by atoms with Gasteiger partial charge in [0, 0.05) is 15.1 Å². The van der Waals surface area contributed by atoms with Gasteiger partial charge in [0.1, 0.15) is 5.01 Å². The van der Waals surface area contributed by atoms with Gasteiger partial charge in [0.05, 0.1) is 16.2 Å². The first-order valence-corrected chi connectivity index (χ1v) is 9.37. The number of benzene rings is 2. The molecule has 3 nitrogen and oxygen atoms in total. The van der Waals surface area contributed by atoms with Gasteiger partial charge in [0.2, 0.25) is 0 Å². The molecule has 3 rings (SSSR count). The van der Waals surface area contributed by atoms with E-state index in [1.807, 2.05) is 54.6 Å². The molecule has 0 radical (unpaired) electrons. The Bertz CT molecular complexity index is 839. The number of halogens is 1. The highest BCUT2D eigenvalue weighted by Crippen LogP contribution is 2.35. The Kier molecular flexibility index (Phi) is 5.15. The fourth-order valence-electron chi connectivity index (χ4n) is 1.99. The number of nitrogens with zero attached hydrogens (tertiary/aromatic N) is 1. The van der Waals surface area contributed by atoms with E-state index < -0.39 is 5.97 Å². The van der Waals surface area contributed by atoms with Gasteiger partial charge in [0.25, 0.3) is 0 Å². The van der Waals surface area contributed by atoms with Crippen molar-refractivity contribution in [1.29, 1.82) is 0 Å². The Morgan fingerprint density at radius 1 is 1.22 bits per heavy atom. The number of carbonyl (C=O) groups is 1. The molecule has 1 heterocycles.